The average Bonchev–Trinajstić information content (AvgIpc) is 3.10. The Balaban J connectivity index is 1.78. The Hall–Kier alpha value is -2.77. The van der Waals surface area contributed by atoms with Gasteiger partial charge in [0.2, 0.25) is 11.8 Å². The van der Waals surface area contributed by atoms with E-state index in [9.17, 15) is 14.4 Å². The number of anilines is 1. The second-order valence-electron chi connectivity index (χ2n) is 6.50. The topological polar surface area (TPSA) is 92.9 Å². The molecule has 2 aromatic rings. The fourth-order valence-electron chi connectivity index (χ4n) is 2.94. The molecule has 2 N–H and O–H groups in total. The lowest BCUT2D eigenvalue weighted by Crippen LogP contribution is -2.44. The van der Waals surface area contributed by atoms with Gasteiger partial charge >= 0.3 is 0 Å². The Morgan fingerprint density at radius 3 is 2.45 bits per heavy atom. The van der Waals surface area contributed by atoms with Crippen LogP contribution in [0, 0.1) is 0 Å². The van der Waals surface area contributed by atoms with E-state index in [2.05, 4.69) is 0 Å². The van der Waals surface area contributed by atoms with Crippen molar-refractivity contribution in [3.63, 3.8) is 0 Å². The number of halogens is 2. The maximum Gasteiger partial charge on any atom is 0.266 e. The van der Waals surface area contributed by atoms with Crippen molar-refractivity contribution in [2.75, 3.05) is 24.7 Å². The minimum atomic E-state index is -0.565. The van der Waals surface area contributed by atoms with Crippen molar-refractivity contribution >= 4 is 46.6 Å². The molecule has 1 fully saturated rings. The molecule has 9 heteroatoms. The molecule has 0 spiro atoms. The summed E-state index contributed by atoms with van der Waals surface area (Å²) in [5, 5.41) is 0.745. The van der Waals surface area contributed by atoms with Gasteiger partial charge in [0.05, 0.1) is 5.02 Å². The van der Waals surface area contributed by atoms with E-state index in [-0.39, 0.29) is 30.1 Å². The molecule has 0 aromatic heterocycles. The van der Waals surface area contributed by atoms with Crippen LogP contribution in [-0.2, 0) is 9.59 Å². The Labute approximate surface area is 177 Å². The predicted molar refractivity (Wildman–Crippen MR) is 110 cm³/mol. The van der Waals surface area contributed by atoms with Gasteiger partial charge in [0.25, 0.3) is 5.91 Å². The van der Waals surface area contributed by atoms with Crippen LogP contribution >= 0.6 is 23.2 Å². The normalized spacial score (nSPS) is 13.4. The zero-order chi connectivity index (χ0) is 21.0. The number of likely N-dealkylation sites (tertiary alicyclic amines) is 1. The number of primary amides is 1. The lowest BCUT2D eigenvalue weighted by Gasteiger charge is -2.28. The third-order valence-corrected chi connectivity index (χ3v) is 5.02. The van der Waals surface area contributed by atoms with Crippen LogP contribution in [0.3, 0.4) is 0 Å². The molecular weight excluding hydrogens is 417 g/mol. The van der Waals surface area contributed by atoms with Gasteiger partial charge < -0.3 is 15.4 Å². The van der Waals surface area contributed by atoms with Crippen molar-refractivity contribution in [2.45, 2.75) is 12.8 Å². The predicted octanol–water partition coefficient (Wildman–Crippen LogP) is 3.08. The fourth-order valence-corrected chi connectivity index (χ4v) is 3.41. The number of benzene rings is 2. The Morgan fingerprint density at radius 2 is 1.86 bits per heavy atom. The van der Waals surface area contributed by atoms with Crippen molar-refractivity contribution in [3.8, 4) is 5.75 Å². The van der Waals surface area contributed by atoms with Gasteiger partial charge in [-0.25, -0.2) is 0 Å². The Bertz CT molecular complexity index is 934. The fraction of sp³-hybridized carbons (Fsp3) is 0.250. The molecule has 1 aliphatic heterocycles. The Morgan fingerprint density at radius 1 is 1.14 bits per heavy atom. The molecule has 0 atom stereocenters. The second-order valence-corrected chi connectivity index (χ2v) is 7.34. The van der Waals surface area contributed by atoms with Crippen molar-refractivity contribution in [1.82, 2.24) is 4.90 Å². The minimum absolute atomic E-state index is 0.0155. The van der Waals surface area contributed by atoms with E-state index >= 15 is 0 Å². The molecular formula is C20H19Cl2N3O4. The maximum absolute atomic E-state index is 12.9. The SMILES string of the molecule is NC(=O)c1ccc(N(CN2CCCC2=O)C(=O)COc2ccc(Cl)cc2Cl)cc1. The van der Waals surface area contributed by atoms with E-state index in [1.54, 1.807) is 29.2 Å². The van der Waals surface area contributed by atoms with Crippen LogP contribution in [0.15, 0.2) is 42.5 Å². The summed E-state index contributed by atoms with van der Waals surface area (Å²) in [5.74, 6) is -0.628. The molecule has 0 bridgehead atoms. The number of nitrogens with zero attached hydrogens (tertiary/aromatic N) is 2. The van der Waals surface area contributed by atoms with Crippen LogP contribution in [0.4, 0.5) is 5.69 Å². The second kappa shape index (κ2) is 9.15. The molecule has 0 unspecified atom stereocenters. The number of nitrogens with two attached hydrogens (primary N) is 1. The van der Waals surface area contributed by atoms with Crippen molar-refractivity contribution < 1.29 is 19.1 Å². The average molecular weight is 436 g/mol. The summed E-state index contributed by atoms with van der Waals surface area (Å²) in [6, 6.07) is 11.0. The highest BCUT2D eigenvalue weighted by Crippen LogP contribution is 2.28. The summed E-state index contributed by atoms with van der Waals surface area (Å²) in [4.78, 5) is 39.3. The van der Waals surface area contributed by atoms with Gasteiger partial charge in [-0.2, -0.15) is 0 Å². The first-order chi connectivity index (χ1) is 13.8. The number of ether oxygens (including phenoxy) is 1. The first-order valence-corrected chi connectivity index (χ1v) is 9.66. The number of carbonyl (C=O) groups is 3. The number of carbonyl (C=O) groups excluding carboxylic acids is 3. The van der Waals surface area contributed by atoms with Crippen LogP contribution in [0.2, 0.25) is 10.0 Å². The molecule has 152 valence electrons. The summed E-state index contributed by atoms with van der Waals surface area (Å²) < 4.78 is 5.55. The molecule has 0 aliphatic carbocycles. The summed E-state index contributed by atoms with van der Waals surface area (Å²) >= 11 is 12.0. The van der Waals surface area contributed by atoms with Crippen LogP contribution in [0.25, 0.3) is 0 Å². The van der Waals surface area contributed by atoms with Gasteiger partial charge in [-0.3, -0.25) is 19.3 Å². The maximum atomic E-state index is 12.9. The van der Waals surface area contributed by atoms with Gasteiger partial charge in [-0.05, 0) is 48.9 Å². The quantitative estimate of drug-likeness (QED) is 0.722. The summed E-state index contributed by atoms with van der Waals surface area (Å²) in [6.07, 6.45) is 1.21. The van der Waals surface area contributed by atoms with Crippen LogP contribution in [0.5, 0.6) is 5.75 Å². The highest BCUT2D eigenvalue weighted by molar-refractivity contribution is 6.35. The largest absolute Gasteiger partial charge is 0.482 e. The molecule has 0 radical (unpaired) electrons. The van der Waals surface area contributed by atoms with Gasteiger partial charge in [-0.15, -0.1) is 0 Å². The monoisotopic (exact) mass is 435 g/mol. The first kappa shape index (κ1) is 21.0. The Kier molecular flexibility index (Phi) is 6.61. The van der Waals surface area contributed by atoms with E-state index in [4.69, 9.17) is 33.7 Å². The molecule has 2 aromatic carbocycles. The lowest BCUT2D eigenvalue weighted by molar-refractivity contribution is -0.128. The van der Waals surface area contributed by atoms with Gasteiger partial charge in [0.1, 0.15) is 12.4 Å². The molecule has 29 heavy (non-hydrogen) atoms. The molecule has 1 aliphatic rings. The standard InChI is InChI=1S/C20H19Cl2N3O4/c21-14-5-8-17(16(22)10-14)29-11-19(27)25(12-24-9-1-2-18(24)26)15-6-3-13(4-7-15)20(23)28/h3-8,10H,1-2,9,11-12H2,(H2,23,28). The minimum Gasteiger partial charge on any atom is -0.482 e. The molecule has 1 saturated heterocycles. The summed E-state index contributed by atoms with van der Waals surface area (Å²) in [6.45, 7) is 0.373. The van der Waals surface area contributed by atoms with Crippen molar-refractivity contribution in [3.05, 3.63) is 58.1 Å². The molecule has 3 amide bonds. The van der Waals surface area contributed by atoms with E-state index in [1.807, 2.05) is 0 Å². The lowest BCUT2D eigenvalue weighted by atomic mass is 10.2. The molecule has 1 heterocycles. The van der Waals surface area contributed by atoms with Gasteiger partial charge in [0.15, 0.2) is 6.61 Å². The number of hydrogen-bond acceptors (Lipinski definition) is 4. The summed E-state index contributed by atoms with van der Waals surface area (Å²) in [5.41, 5.74) is 6.11. The highest BCUT2D eigenvalue weighted by Gasteiger charge is 2.26. The summed E-state index contributed by atoms with van der Waals surface area (Å²) in [7, 11) is 0. The van der Waals surface area contributed by atoms with Crippen molar-refractivity contribution in [2.24, 2.45) is 5.73 Å². The zero-order valence-corrected chi connectivity index (χ0v) is 16.9. The van der Waals surface area contributed by atoms with Gasteiger partial charge in [0, 0.05) is 29.2 Å². The third kappa shape index (κ3) is 5.19. The zero-order valence-electron chi connectivity index (χ0n) is 15.4. The molecule has 7 nitrogen and oxygen atoms in total. The van der Waals surface area contributed by atoms with E-state index in [0.29, 0.717) is 35.0 Å². The number of hydrogen-bond donors (Lipinski definition) is 1. The number of amides is 3. The van der Waals surface area contributed by atoms with Crippen molar-refractivity contribution in [1.29, 1.82) is 0 Å². The van der Waals surface area contributed by atoms with E-state index < -0.39 is 5.91 Å². The van der Waals surface area contributed by atoms with Crippen LogP contribution in [0.1, 0.15) is 23.2 Å². The molecule has 3 rings (SSSR count). The highest BCUT2D eigenvalue weighted by atomic mass is 35.5. The van der Waals surface area contributed by atoms with E-state index in [1.165, 1.54) is 23.1 Å². The van der Waals surface area contributed by atoms with Crippen LogP contribution in [-0.4, -0.2) is 42.4 Å². The first-order valence-electron chi connectivity index (χ1n) is 8.91. The van der Waals surface area contributed by atoms with Gasteiger partial charge in [-0.1, -0.05) is 23.2 Å². The number of rotatable bonds is 7. The smallest absolute Gasteiger partial charge is 0.266 e. The van der Waals surface area contributed by atoms with E-state index in [0.717, 1.165) is 6.42 Å². The molecule has 0 saturated carbocycles. The van der Waals surface area contributed by atoms with Crippen LogP contribution < -0.4 is 15.4 Å². The third-order valence-electron chi connectivity index (χ3n) is 4.49.